The molecule has 1 aliphatic rings. The van der Waals surface area contributed by atoms with Crippen molar-refractivity contribution < 1.29 is 9.53 Å². The van der Waals surface area contributed by atoms with Crippen molar-refractivity contribution in [3.05, 3.63) is 12.2 Å². The summed E-state index contributed by atoms with van der Waals surface area (Å²) in [7, 11) is 0. The van der Waals surface area contributed by atoms with Gasteiger partial charge in [0, 0.05) is 12.1 Å². The highest BCUT2D eigenvalue weighted by molar-refractivity contribution is 5.87. The van der Waals surface area contributed by atoms with Crippen molar-refractivity contribution >= 4 is 5.97 Å². The molecule has 0 aromatic carbocycles. The zero-order chi connectivity index (χ0) is 8.27. The highest BCUT2D eigenvalue weighted by Crippen LogP contribution is 2.05. The van der Waals surface area contributed by atoms with Crippen molar-refractivity contribution in [2.24, 2.45) is 0 Å². The van der Waals surface area contributed by atoms with Crippen molar-refractivity contribution in [1.82, 2.24) is 5.32 Å². The molecule has 0 unspecified atom stereocenters. The van der Waals surface area contributed by atoms with Crippen LogP contribution in [0.4, 0.5) is 0 Å². The summed E-state index contributed by atoms with van der Waals surface area (Å²) in [6.07, 6.45) is 0.971. The normalized spacial score (nSPS) is 23.2. The quantitative estimate of drug-likeness (QED) is 0.465. The van der Waals surface area contributed by atoms with Crippen molar-refractivity contribution in [3.63, 3.8) is 0 Å². The molecule has 0 bridgehead atoms. The van der Waals surface area contributed by atoms with E-state index in [9.17, 15) is 4.79 Å². The Balaban J connectivity index is 2.29. The van der Waals surface area contributed by atoms with Gasteiger partial charge in [0.05, 0.1) is 0 Å². The summed E-state index contributed by atoms with van der Waals surface area (Å²) in [4.78, 5) is 10.9. The lowest BCUT2D eigenvalue weighted by atomic mass is 10.3. The van der Waals surface area contributed by atoms with Gasteiger partial charge in [0.2, 0.25) is 0 Å². The Morgan fingerprint density at radius 2 is 2.45 bits per heavy atom. The number of hydrogen-bond acceptors (Lipinski definition) is 3. The van der Waals surface area contributed by atoms with Crippen LogP contribution in [-0.4, -0.2) is 25.2 Å². The molecule has 1 heterocycles. The fourth-order valence-corrected chi connectivity index (χ4v) is 0.981. The SMILES string of the molecule is C=C(C)C(=O)O[C@H]1CCNC1. The van der Waals surface area contributed by atoms with Crippen molar-refractivity contribution in [2.45, 2.75) is 19.4 Å². The lowest BCUT2D eigenvalue weighted by Crippen LogP contribution is -2.20. The van der Waals surface area contributed by atoms with Gasteiger partial charge in [-0.3, -0.25) is 0 Å². The van der Waals surface area contributed by atoms with E-state index in [1.807, 2.05) is 0 Å². The Bertz CT molecular complexity index is 171. The van der Waals surface area contributed by atoms with Crippen LogP contribution >= 0.6 is 0 Å². The first-order valence-electron chi connectivity index (χ1n) is 3.77. The van der Waals surface area contributed by atoms with Crippen LogP contribution in [0.3, 0.4) is 0 Å². The molecular weight excluding hydrogens is 142 g/mol. The zero-order valence-corrected chi connectivity index (χ0v) is 6.72. The van der Waals surface area contributed by atoms with E-state index in [0.717, 1.165) is 19.5 Å². The van der Waals surface area contributed by atoms with Crippen molar-refractivity contribution in [3.8, 4) is 0 Å². The smallest absolute Gasteiger partial charge is 0.333 e. The van der Waals surface area contributed by atoms with E-state index < -0.39 is 0 Å². The number of carbonyl (C=O) groups excluding carboxylic acids is 1. The highest BCUT2D eigenvalue weighted by Gasteiger charge is 2.18. The summed E-state index contributed by atoms with van der Waals surface area (Å²) in [6, 6.07) is 0. The monoisotopic (exact) mass is 155 g/mol. The summed E-state index contributed by atoms with van der Waals surface area (Å²) in [5.74, 6) is -0.279. The van der Waals surface area contributed by atoms with Gasteiger partial charge in [-0.25, -0.2) is 4.79 Å². The van der Waals surface area contributed by atoms with Gasteiger partial charge >= 0.3 is 5.97 Å². The molecular formula is C8H13NO2. The third kappa shape index (κ3) is 2.35. The molecule has 3 heteroatoms. The Hall–Kier alpha value is -0.830. The molecule has 0 saturated carbocycles. The molecule has 0 spiro atoms. The maximum Gasteiger partial charge on any atom is 0.333 e. The van der Waals surface area contributed by atoms with Gasteiger partial charge in [0.15, 0.2) is 0 Å². The standard InChI is InChI=1S/C8H13NO2/c1-6(2)8(10)11-7-3-4-9-5-7/h7,9H,1,3-5H2,2H3/t7-/m0/s1. The van der Waals surface area contributed by atoms with E-state index in [1.165, 1.54) is 0 Å². The average Bonchev–Trinajstić information content (AvgIpc) is 2.39. The fourth-order valence-electron chi connectivity index (χ4n) is 0.981. The minimum absolute atomic E-state index is 0.0548. The highest BCUT2D eigenvalue weighted by atomic mass is 16.5. The first-order valence-corrected chi connectivity index (χ1v) is 3.77. The molecule has 0 aromatic rings. The number of rotatable bonds is 2. The molecule has 1 fully saturated rings. The molecule has 11 heavy (non-hydrogen) atoms. The van der Waals surface area contributed by atoms with E-state index in [4.69, 9.17) is 4.74 Å². The fraction of sp³-hybridized carbons (Fsp3) is 0.625. The number of ether oxygens (including phenoxy) is 1. The largest absolute Gasteiger partial charge is 0.458 e. The zero-order valence-electron chi connectivity index (χ0n) is 6.72. The minimum atomic E-state index is -0.279. The molecule has 62 valence electrons. The molecule has 1 atom stereocenters. The Kier molecular flexibility index (Phi) is 2.65. The second-order valence-electron chi connectivity index (χ2n) is 2.80. The predicted molar refractivity (Wildman–Crippen MR) is 42.2 cm³/mol. The molecule has 0 amide bonds. The third-order valence-electron chi connectivity index (χ3n) is 1.64. The van der Waals surface area contributed by atoms with Gasteiger partial charge in [-0.15, -0.1) is 0 Å². The van der Waals surface area contributed by atoms with Crippen LogP contribution in [0.2, 0.25) is 0 Å². The van der Waals surface area contributed by atoms with Crippen LogP contribution in [-0.2, 0) is 9.53 Å². The van der Waals surface area contributed by atoms with Crippen LogP contribution < -0.4 is 5.32 Å². The van der Waals surface area contributed by atoms with Gasteiger partial charge in [-0.1, -0.05) is 6.58 Å². The van der Waals surface area contributed by atoms with Gasteiger partial charge in [0.25, 0.3) is 0 Å². The molecule has 1 rings (SSSR count). The van der Waals surface area contributed by atoms with Crippen LogP contribution in [0.15, 0.2) is 12.2 Å². The van der Waals surface area contributed by atoms with E-state index in [0.29, 0.717) is 5.57 Å². The maximum absolute atomic E-state index is 10.9. The summed E-state index contributed by atoms with van der Waals surface area (Å²) in [6.45, 7) is 6.88. The van der Waals surface area contributed by atoms with Crippen LogP contribution in [0, 0.1) is 0 Å². The molecule has 0 aliphatic carbocycles. The van der Waals surface area contributed by atoms with E-state index in [-0.39, 0.29) is 12.1 Å². The number of esters is 1. The van der Waals surface area contributed by atoms with Crippen LogP contribution in [0.5, 0.6) is 0 Å². The lowest BCUT2D eigenvalue weighted by molar-refractivity contribution is -0.143. The van der Waals surface area contributed by atoms with E-state index >= 15 is 0 Å². The molecule has 0 aromatic heterocycles. The summed E-state index contributed by atoms with van der Waals surface area (Å²) in [5.41, 5.74) is 0.469. The van der Waals surface area contributed by atoms with Crippen molar-refractivity contribution in [1.29, 1.82) is 0 Å². The van der Waals surface area contributed by atoms with Crippen LogP contribution in [0.1, 0.15) is 13.3 Å². The summed E-state index contributed by atoms with van der Waals surface area (Å²) in [5, 5.41) is 3.11. The second-order valence-corrected chi connectivity index (χ2v) is 2.80. The van der Waals surface area contributed by atoms with E-state index in [2.05, 4.69) is 11.9 Å². The minimum Gasteiger partial charge on any atom is -0.458 e. The topological polar surface area (TPSA) is 38.3 Å². The Morgan fingerprint density at radius 1 is 1.73 bits per heavy atom. The van der Waals surface area contributed by atoms with Crippen molar-refractivity contribution in [2.75, 3.05) is 13.1 Å². The third-order valence-corrected chi connectivity index (χ3v) is 1.64. The predicted octanol–water partition coefficient (Wildman–Crippen LogP) is 0.468. The second kappa shape index (κ2) is 3.53. The molecule has 0 radical (unpaired) electrons. The molecule has 3 nitrogen and oxygen atoms in total. The number of nitrogens with one attached hydrogen (secondary N) is 1. The van der Waals surface area contributed by atoms with Gasteiger partial charge < -0.3 is 10.1 Å². The summed E-state index contributed by atoms with van der Waals surface area (Å²) >= 11 is 0. The molecule has 1 saturated heterocycles. The first kappa shape index (κ1) is 8.27. The van der Waals surface area contributed by atoms with Gasteiger partial charge in [0.1, 0.15) is 6.10 Å². The number of carbonyl (C=O) groups is 1. The van der Waals surface area contributed by atoms with Crippen LogP contribution in [0.25, 0.3) is 0 Å². The molecule has 1 aliphatic heterocycles. The average molecular weight is 155 g/mol. The van der Waals surface area contributed by atoms with E-state index in [1.54, 1.807) is 6.92 Å². The number of hydrogen-bond donors (Lipinski definition) is 1. The summed E-state index contributed by atoms with van der Waals surface area (Å²) < 4.78 is 5.07. The maximum atomic E-state index is 10.9. The molecule has 1 N–H and O–H groups in total. The first-order chi connectivity index (χ1) is 5.20. The van der Waals surface area contributed by atoms with Gasteiger partial charge in [-0.05, 0) is 19.9 Å². The van der Waals surface area contributed by atoms with Gasteiger partial charge in [-0.2, -0.15) is 0 Å². The Labute approximate surface area is 66.4 Å². The lowest BCUT2D eigenvalue weighted by Gasteiger charge is -2.09. The Morgan fingerprint density at radius 3 is 2.91 bits per heavy atom.